The Labute approximate surface area is 187 Å². The Balaban J connectivity index is 1.51. The largest absolute Gasteiger partial charge is 0.350 e. The van der Waals surface area contributed by atoms with Gasteiger partial charge in [0, 0.05) is 47.5 Å². The van der Waals surface area contributed by atoms with Crippen LogP contribution < -0.4 is 5.32 Å². The van der Waals surface area contributed by atoms with Gasteiger partial charge in [-0.1, -0.05) is 24.8 Å². The molecule has 158 valence electrons. The van der Waals surface area contributed by atoms with Crippen molar-refractivity contribution in [2.75, 3.05) is 5.32 Å². The van der Waals surface area contributed by atoms with Gasteiger partial charge < -0.3 is 5.32 Å². The maximum Gasteiger partial charge on any atom is 0.223 e. The van der Waals surface area contributed by atoms with Crippen LogP contribution in [0.25, 0.3) is 28.6 Å². The van der Waals surface area contributed by atoms with E-state index in [1.54, 1.807) is 12.3 Å². The van der Waals surface area contributed by atoms with Crippen LogP contribution in [0.5, 0.6) is 0 Å². The van der Waals surface area contributed by atoms with Gasteiger partial charge in [0.15, 0.2) is 0 Å². The molecule has 0 saturated heterocycles. The third kappa shape index (κ3) is 4.59. The first-order chi connectivity index (χ1) is 15.6. The van der Waals surface area contributed by atoms with Crippen LogP contribution in [0, 0.1) is 13.8 Å². The Bertz CT molecular complexity index is 1300. The Morgan fingerprint density at radius 3 is 2.56 bits per heavy atom. The number of aryl methyl sites for hydroxylation is 2. The summed E-state index contributed by atoms with van der Waals surface area (Å²) in [5.74, 6) is 0.556. The average molecular weight is 421 g/mol. The van der Waals surface area contributed by atoms with Crippen LogP contribution in [0.2, 0.25) is 0 Å². The molecule has 4 aromatic rings. The number of aliphatic imine (C=N–C) groups is 1. The van der Waals surface area contributed by atoms with Gasteiger partial charge in [0.2, 0.25) is 5.95 Å². The Morgan fingerprint density at radius 2 is 1.81 bits per heavy atom. The molecule has 1 aromatic carbocycles. The second-order valence-electron chi connectivity index (χ2n) is 7.45. The number of anilines is 1. The molecule has 0 aliphatic carbocycles. The van der Waals surface area contributed by atoms with Gasteiger partial charge in [-0.25, -0.2) is 9.97 Å². The van der Waals surface area contributed by atoms with E-state index in [9.17, 15) is 0 Å². The summed E-state index contributed by atoms with van der Waals surface area (Å²) in [7, 11) is 0. The minimum Gasteiger partial charge on any atom is -0.350 e. The minimum atomic E-state index is 0.556. The summed E-state index contributed by atoms with van der Waals surface area (Å²) in [6.45, 7) is 12.1. The summed E-state index contributed by atoms with van der Waals surface area (Å²) in [6, 6.07) is 13.9. The maximum absolute atomic E-state index is 4.67. The zero-order chi connectivity index (χ0) is 22.5. The molecular formula is C26H24N6. The summed E-state index contributed by atoms with van der Waals surface area (Å²) < 4.78 is 0. The predicted octanol–water partition coefficient (Wildman–Crippen LogP) is 5.80. The highest BCUT2D eigenvalue weighted by molar-refractivity contribution is 5.73. The van der Waals surface area contributed by atoms with Crippen molar-refractivity contribution in [3.8, 4) is 22.5 Å². The van der Waals surface area contributed by atoms with E-state index in [-0.39, 0.29) is 0 Å². The highest BCUT2D eigenvalue weighted by Crippen LogP contribution is 2.27. The van der Waals surface area contributed by atoms with Crippen LogP contribution in [0.3, 0.4) is 0 Å². The van der Waals surface area contributed by atoms with Crippen molar-refractivity contribution < 1.29 is 0 Å². The van der Waals surface area contributed by atoms with Crippen molar-refractivity contribution in [1.29, 1.82) is 0 Å². The van der Waals surface area contributed by atoms with E-state index in [0.717, 1.165) is 50.6 Å². The summed E-state index contributed by atoms with van der Waals surface area (Å²) in [6.07, 6.45) is 7.20. The molecule has 0 radical (unpaired) electrons. The fourth-order valence-electron chi connectivity index (χ4n) is 3.53. The standard InChI is InChI=1S/C26H24N6/c1-5-20-14-21(6-7-23(20)27-4)24-9-11-29-26(32-24)31-16-19-12-17(2)25(30-15-19)22-8-10-28-18(3)13-22/h5-15H,1,4,16H2,2-3H3,(H,29,31,32). The van der Waals surface area contributed by atoms with Gasteiger partial charge in [0.05, 0.1) is 17.1 Å². The van der Waals surface area contributed by atoms with Crippen LogP contribution >= 0.6 is 0 Å². The van der Waals surface area contributed by atoms with Crippen LogP contribution in [0.1, 0.15) is 22.4 Å². The summed E-state index contributed by atoms with van der Waals surface area (Å²) >= 11 is 0. The van der Waals surface area contributed by atoms with Gasteiger partial charge in [-0.3, -0.25) is 15.0 Å². The fraction of sp³-hybridized carbons (Fsp3) is 0.115. The van der Waals surface area contributed by atoms with Gasteiger partial charge in [0.1, 0.15) is 0 Å². The van der Waals surface area contributed by atoms with E-state index in [1.165, 1.54) is 0 Å². The van der Waals surface area contributed by atoms with Crippen LogP contribution in [-0.2, 0) is 6.54 Å². The van der Waals surface area contributed by atoms with E-state index in [0.29, 0.717) is 12.5 Å². The molecule has 0 fully saturated rings. The van der Waals surface area contributed by atoms with Crippen LogP contribution in [0.15, 0.2) is 72.6 Å². The highest BCUT2D eigenvalue weighted by Gasteiger charge is 2.08. The molecule has 1 N–H and O–H groups in total. The molecule has 32 heavy (non-hydrogen) atoms. The van der Waals surface area contributed by atoms with Crippen molar-refractivity contribution in [2.24, 2.45) is 4.99 Å². The number of nitrogens with one attached hydrogen (secondary N) is 1. The first-order valence-electron chi connectivity index (χ1n) is 10.3. The number of hydrogen-bond donors (Lipinski definition) is 1. The molecule has 0 aliphatic heterocycles. The maximum atomic E-state index is 4.67. The van der Waals surface area contributed by atoms with E-state index in [1.807, 2.05) is 55.7 Å². The van der Waals surface area contributed by atoms with Crippen molar-refractivity contribution in [2.45, 2.75) is 20.4 Å². The van der Waals surface area contributed by atoms with Gasteiger partial charge in [0.25, 0.3) is 0 Å². The number of pyridine rings is 2. The van der Waals surface area contributed by atoms with Crippen LogP contribution in [0.4, 0.5) is 11.6 Å². The Hall–Kier alpha value is -4.19. The molecule has 4 rings (SSSR count). The zero-order valence-corrected chi connectivity index (χ0v) is 18.2. The molecule has 0 unspecified atom stereocenters. The second-order valence-corrected chi connectivity index (χ2v) is 7.45. The molecule has 6 nitrogen and oxygen atoms in total. The smallest absolute Gasteiger partial charge is 0.223 e. The third-order valence-electron chi connectivity index (χ3n) is 5.12. The number of benzene rings is 1. The van der Waals surface area contributed by atoms with Crippen LogP contribution in [-0.4, -0.2) is 26.7 Å². The molecule has 0 atom stereocenters. The molecule has 0 aliphatic rings. The van der Waals surface area contributed by atoms with E-state index in [4.69, 9.17) is 0 Å². The number of hydrogen-bond acceptors (Lipinski definition) is 6. The lowest BCUT2D eigenvalue weighted by atomic mass is 10.1. The average Bonchev–Trinajstić information content (AvgIpc) is 2.82. The van der Waals surface area contributed by atoms with Crippen molar-refractivity contribution >= 4 is 24.4 Å². The number of rotatable bonds is 7. The fourth-order valence-corrected chi connectivity index (χ4v) is 3.53. The van der Waals surface area contributed by atoms with Crippen molar-refractivity contribution in [3.05, 3.63) is 90.0 Å². The first kappa shape index (κ1) is 21.1. The molecule has 0 spiro atoms. The van der Waals surface area contributed by atoms with Gasteiger partial charge in [-0.2, -0.15) is 0 Å². The lowest BCUT2D eigenvalue weighted by Crippen LogP contribution is -2.05. The molecule has 6 heteroatoms. The second kappa shape index (κ2) is 9.31. The molecule has 0 bridgehead atoms. The number of aromatic nitrogens is 4. The third-order valence-corrected chi connectivity index (χ3v) is 5.12. The number of nitrogens with zero attached hydrogens (tertiary/aromatic N) is 5. The topological polar surface area (TPSA) is 76.0 Å². The zero-order valence-electron chi connectivity index (χ0n) is 18.2. The predicted molar refractivity (Wildman–Crippen MR) is 131 cm³/mol. The lowest BCUT2D eigenvalue weighted by Gasteiger charge is -2.10. The van der Waals surface area contributed by atoms with Gasteiger partial charge >= 0.3 is 0 Å². The van der Waals surface area contributed by atoms with Gasteiger partial charge in [-0.15, -0.1) is 0 Å². The molecule has 0 saturated carbocycles. The normalized spacial score (nSPS) is 10.6. The SMILES string of the molecule is C=Cc1cc(-c2ccnc(NCc3cnc(-c4ccnc(C)c4)c(C)c3)n2)ccc1N=C. The monoisotopic (exact) mass is 420 g/mol. The van der Waals surface area contributed by atoms with E-state index < -0.39 is 0 Å². The van der Waals surface area contributed by atoms with E-state index >= 15 is 0 Å². The van der Waals surface area contributed by atoms with Crippen molar-refractivity contribution in [1.82, 2.24) is 19.9 Å². The molecule has 3 heterocycles. The quantitative estimate of drug-likeness (QED) is 0.382. The molecular weight excluding hydrogens is 396 g/mol. The Morgan fingerprint density at radius 1 is 0.969 bits per heavy atom. The summed E-state index contributed by atoms with van der Waals surface area (Å²) in [5.41, 5.74) is 8.67. The summed E-state index contributed by atoms with van der Waals surface area (Å²) in [5, 5.41) is 3.30. The van der Waals surface area contributed by atoms with E-state index in [2.05, 4.69) is 56.5 Å². The van der Waals surface area contributed by atoms with Gasteiger partial charge in [-0.05, 0) is 62.0 Å². The minimum absolute atomic E-state index is 0.556. The summed E-state index contributed by atoms with van der Waals surface area (Å²) in [4.78, 5) is 22.0. The lowest BCUT2D eigenvalue weighted by molar-refractivity contribution is 1.04. The first-order valence-corrected chi connectivity index (χ1v) is 10.3. The van der Waals surface area contributed by atoms with Crippen molar-refractivity contribution in [3.63, 3.8) is 0 Å². The Kier molecular flexibility index (Phi) is 6.12. The molecule has 3 aromatic heterocycles. The molecule has 0 amide bonds. The highest BCUT2D eigenvalue weighted by atomic mass is 15.1.